The second-order valence-corrected chi connectivity index (χ2v) is 9.92. The SMILES string of the molecule is CCC(CC)C1=NN2C(=N)/C(=C\c3cn(CCOc4cccc(C)c4)c4ccccc34)C(=O)N=C2S1. The Labute approximate surface area is 215 Å². The lowest BCUT2D eigenvalue weighted by Gasteiger charge is -2.20. The van der Waals surface area contributed by atoms with Gasteiger partial charge in [-0.15, -0.1) is 0 Å². The van der Waals surface area contributed by atoms with E-state index >= 15 is 0 Å². The van der Waals surface area contributed by atoms with Crippen LogP contribution < -0.4 is 4.74 Å². The normalized spacial score (nSPS) is 16.7. The molecule has 8 heteroatoms. The number of aromatic nitrogens is 1. The third-order valence-corrected chi connectivity index (χ3v) is 7.59. The summed E-state index contributed by atoms with van der Waals surface area (Å²) in [6, 6.07) is 16.1. The van der Waals surface area contributed by atoms with Gasteiger partial charge in [0.15, 0.2) is 5.84 Å². The van der Waals surface area contributed by atoms with Crippen LogP contribution in [-0.2, 0) is 11.3 Å². The zero-order valence-electron chi connectivity index (χ0n) is 20.7. The van der Waals surface area contributed by atoms with Gasteiger partial charge >= 0.3 is 0 Å². The van der Waals surface area contributed by atoms with Crippen LogP contribution in [0.5, 0.6) is 5.75 Å². The fourth-order valence-corrected chi connectivity index (χ4v) is 5.66. The van der Waals surface area contributed by atoms with Crippen LogP contribution in [0.4, 0.5) is 0 Å². The molecular weight excluding hydrogens is 470 g/mol. The maximum Gasteiger partial charge on any atom is 0.283 e. The molecule has 1 aromatic heterocycles. The number of para-hydroxylation sites is 1. The number of fused-ring (bicyclic) bond motifs is 2. The van der Waals surface area contributed by atoms with E-state index in [1.54, 1.807) is 6.08 Å². The number of nitrogens with zero attached hydrogens (tertiary/aromatic N) is 4. The summed E-state index contributed by atoms with van der Waals surface area (Å²) in [4.78, 5) is 17.2. The number of nitrogens with one attached hydrogen (secondary N) is 1. The maximum absolute atomic E-state index is 13.0. The number of hydrogen-bond donors (Lipinski definition) is 1. The van der Waals surface area contributed by atoms with E-state index in [4.69, 9.17) is 10.1 Å². The van der Waals surface area contributed by atoms with Gasteiger partial charge in [-0.3, -0.25) is 10.2 Å². The largest absolute Gasteiger partial charge is 0.492 e. The Morgan fingerprint density at radius 3 is 2.72 bits per heavy atom. The first-order valence-electron chi connectivity index (χ1n) is 12.3. The molecule has 0 fully saturated rings. The first-order chi connectivity index (χ1) is 17.5. The molecule has 1 N–H and O–H groups in total. The molecule has 36 heavy (non-hydrogen) atoms. The minimum absolute atomic E-state index is 0.0677. The highest BCUT2D eigenvalue weighted by atomic mass is 32.2. The molecule has 0 bridgehead atoms. The van der Waals surface area contributed by atoms with Crippen LogP contribution in [0.3, 0.4) is 0 Å². The highest BCUT2D eigenvalue weighted by Gasteiger charge is 2.37. The van der Waals surface area contributed by atoms with Crippen LogP contribution in [0, 0.1) is 18.3 Å². The van der Waals surface area contributed by atoms with Gasteiger partial charge in [0.25, 0.3) is 5.91 Å². The number of aliphatic imine (C=N–C) groups is 1. The van der Waals surface area contributed by atoms with Crippen molar-refractivity contribution in [2.45, 2.75) is 40.2 Å². The van der Waals surface area contributed by atoms with E-state index in [9.17, 15) is 4.79 Å². The smallest absolute Gasteiger partial charge is 0.283 e. The number of hydrazone groups is 1. The highest BCUT2D eigenvalue weighted by molar-refractivity contribution is 8.27. The molecule has 0 radical (unpaired) electrons. The van der Waals surface area contributed by atoms with Gasteiger partial charge in [-0.1, -0.05) is 44.2 Å². The zero-order chi connectivity index (χ0) is 25.2. The Bertz CT molecular complexity index is 1430. The van der Waals surface area contributed by atoms with Crippen molar-refractivity contribution in [3.05, 3.63) is 71.4 Å². The second kappa shape index (κ2) is 10.1. The molecule has 0 spiro atoms. The van der Waals surface area contributed by atoms with E-state index in [2.05, 4.69) is 34.6 Å². The molecule has 184 valence electrons. The van der Waals surface area contributed by atoms with Crippen molar-refractivity contribution in [3.8, 4) is 5.75 Å². The van der Waals surface area contributed by atoms with Crippen molar-refractivity contribution in [3.63, 3.8) is 0 Å². The molecule has 1 amide bonds. The predicted molar refractivity (Wildman–Crippen MR) is 148 cm³/mol. The van der Waals surface area contributed by atoms with Crippen LogP contribution >= 0.6 is 11.8 Å². The molecule has 0 saturated carbocycles. The molecule has 2 aliphatic heterocycles. The van der Waals surface area contributed by atoms with E-state index in [1.807, 2.05) is 55.6 Å². The Morgan fingerprint density at radius 1 is 1.14 bits per heavy atom. The van der Waals surface area contributed by atoms with Crippen molar-refractivity contribution in [1.82, 2.24) is 9.58 Å². The lowest BCUT2D eigenvalue weighted by atomic mass is 10.1. The standard InChI is InChI=1S/C28H29N5O2S/c1-4-19(5-2)27-31-33-25(29)23(26(34)30-28(33)36-27)16-20-17-32(24-12-7-6-11-22(20)24)13-14-35-21-10-8-9-18(3)15-21/h6-12,15-17,19,29H,4-5,13-14H2,1-3H3/b23-16+,29-25?. The third-order valence-electron chi connectivity index (χ3n) is 6.51. The number of amides is 1. The minimum atomic E-state index is -0.403. The molecule has 2 aromatic carbocycles. The highest BCUT2D eigenvalue weighted by Crippen LogP contribution is 2.33. The number of rotatable bonds is 8. The topological polar surface area (TPSA) is 83.0 Å². The number of carbonyl (C=O) groups is 1. The number of ether oxygens (including phenoxy) is 1. The van der Waals surface area contributed by atoms with Gasteiger partial charge in [-0.2, -0.15) is 15.1 Å². The third kappa shape index (κ3) is 4.60. The van der Waals surface area contributed by atoms with Crippen LogP contribution in [0.2, 0.25) is 0 Å². The first kappa shape index (κ1) is 24.1. The van der Waals surface area contributed by atoms with E-state index in [-0.39, 0.29) is 11.4 Å². The molecule has 3 heterocycles. The predicted octanol–water partition coefficient (Wildman–Crippen LogP) is 6.08. The number of hydrogen-bond acceptors (Lipinski definition) is 5. The Balaban J connectivity index is 1.42. The minimum Gasteiger partial charge on any atom is -0.492 e. The molecule has 0 unspecified atom stereocenters. The fourth-order valence-electron chi connectivity index (χ4n) is 4.51. The van der Waals surface area contributed by atoms with Crippen molar-refractivity contribution >= 4 is 50.7 Å². The molecule has 3 aromatic rings. The van der Waals surface area contributed by atoms with E-state index in [0.29, 0.717) is 24.2 Å². The molecule has 0 saturated heterocycles. The summed E-state index contributed by atoms with van der Waals surface area (Å²) in [7, 11) is 0. The van der Waals surface area contributed by atoms with Crippen LogP contribution in [-0.4, -0.2) is 38.1 Å². The lowest BCUT2D eigenvalue weighted by Crippen LogP contribution is -2.35. The van der Waals surface area contributed by atoms with Gasteiger partial charge in [0.05, 0.1) is 12.1 Å². The number of benzene rings is 2. The molecule has 7 nitrogen and oxygen atoms in total. The molecule has 0 aliphatic carbocycles. The van der Waals surface area contributed by atoms with Gasteiger partial charge in [0, 0.05) is 28.6 Å². The molecule has 0 atom stereocenters. The summed E-state index contributed by atoms with van der Waals surface area (Å²) in [6.45, 7) is 7.46. The van der Waals surface area contributed by atoms with Crippen molar-refractivity contribution < 1.29 is 9.53 Å². The van der Waals surface area contributed by atoms with Gasteiger partial charge < -0.3 is 9.30 Å². The first-order valence-corrected chi connectivity index (χ1v) is 13.1. The Hall–Kier alpha value is -3.65. The summed E-state index contributed by atoms with van der Waals surface area (Å²) in [5.74, 6) is 0.816. The van der Waals surface area contributed by atoms with Crippen molar-refractivity contribution in [2.24, 2.45) is 16.0 Å². The number of thioether (sulfide) groups is 1. The average Bonchev–Trinajstić information content (AvgIpc) is 3.44. The summed E-state index contributed by atoms with van der Waals surface area (Å²) in [6.07, 6.45) is 5.69. The fraction of sp³-hybridized carbons (Fsp3) is 0.286. The summed E-state index contributed by atoms with van der Waals surface area (Å²) < 4.78 is 8.09. The number of aryl methyl sites for hydroxylation is 1. The van der Waals surface area contributed by atoms with Gasteiger partial charge in [-0.05, 0) is 61.4 Å². The molecule has 5 rings (SSSR count). The van der Waals surface area contributed by atoms with Crippen LogP contribution in [0.1, 0.15) is 37.8 Å². The van der Waals surface area contributed by atoms with Gasteiger partial charge in [0.1, 0.15) is 17.4 Å². The van der Waals surface area contributed by atoms with Crippen molar-refractivity contribution in [2.75, 3.05) is 6.61 Å². The lowest BCUT2D eigenvalue weighted by molar-refractivity contribution is -0.114. The van der Waals surface area contributed by atoms with Gasteiger partial charge in [-0.25, -0.2) is 0 Å². The van der Waals surface area contributed by atoms with Crippen molar-refractivity contribution in [1.29, 1.82) is 5.41 Å². The van der Waals surface area contributed by atoms with E-state index in [0.717, 1.165) is 45.7 Å². The summed E-state index contributed by atoms with van der Waals surface area (Å²) >= 11 is 1.40. The monoisotopic (exact) mass is 499 g/mol. The quantitative estimate of drug-likeness (QED) is 0.381. The summed E-state index contributed by atoms with van der Waals surface area (Å²) in [5.41, 5.74) is 3.31. The zero-order valence-corrected chi connectivity index (χ0v) is 21.5. The Kier molecular flexibility index (Phi) is 6.78. The second-order valence-electron chi connectivity index (χ2n) is 8.93. The summed E-state index contributed by atoms with van der Waals surface area (Å²) in [5, 5.41) is 17.3. The van der Waals surface area contributed by atoms with E-state index < -0.39 is 5.91 Å². The number of carbonyl (C=O) groups excluding carboxylic acids is 1. The van der Waals surface area contributed by atoms with Crippen LogP contribution in [0.25, 0.3) is 17.0 Å². The maximum atomic E-state index is 13.0. The Morgan fingerprint density at radius 2 is 1.94 bits per heavy atom. The average molecular weight is 500 g/mol. The van der Waals surface area contributed by atoms with Crippen LogP contribution in [0.15, 0.2) is 70.4 Å². The van der Waals surface area contributed by atoms with Gasteiger partial charge in [0.2, 0.25) is 5.17 Å². The number of amidine groups is 2. The molecular formula is C28H29N5O2S. The molecule has 2 aliphatic rings. The van der Waals surface area contributed by atoms with E-state index in [1.165, 1.54) is 16.8 Å².